The van der Waals surface area contributed by atoms with Crippen molar-refractivity contribution in [2.75, 3.05) is 27.9 Å². The van der Waals surface area contributed by atoms with E-state index in [-0.39, 0.29) is 17.8 Å². The number of nitrogens with one attached hydrogen (secondary N) is 1. The van der Waals surface area contributed by atoms with E-state index in [2.05, 4.69) is 5.32 Å². The number of carbonyl (C=O) groups excluding carboxylic acids is 2. The highest BCUT2D eigenvalue weighted by molar-refractivity contribution is 5.91. The molecule has 0 bridgehead atoms. The minimum Gasteiger partial charge on any atom is -0.496 e. The molecule has 2 rings (SSSR count). The van der Waals surface area contributed by atoms with E-state index in [0.29, 0.717) is 22.8 Å². The highest BCUT2D eigenvalue weighted by atomic mass is 16.6. The van der Waals surface area contributed by atoms with Gasteiger partial charge in [-0.2, -0.15) is 0 Å². The molecule has 0 aliphatic carbocycles. The smallest absolute Gasteiger partial charge is 0.338 e. The first kappa shape index (κ1) is 21.5. The van der Waals surface area contributed by atoms with Crippen LogP contribution in [0.4, 0.5) is 5.69 Å². The van der Waals surface area contributed by atoms with Crippen LogP contribution < -0.4 is 19.5 Å². The van der Waals surface area contributed by atoms with E-state index >= 15 is 0 Å². The number of nitrogens with zero attached hydrogens (tertiary/aromatic N) is 1. The number of non-ortho nitro benzene ring substituents is 1. The predicted molar refractivity (Wildman–Crippen MR) is 101 cm³/mol. The summed E-state index contributed by atoms with van der Waals surface area (Å²) in [4.78, 5) is 34.1. The lowest BCUT2D eigenvalue weighted by atomic mass is 10.1. The monoisotopic (exact) mass is 404 g/mol. The highest BCUT2D eigenvalue weighted by Gasteiger charge is 2.16. The van der Waals surface area contributed by atoms with Crippen molar-refractivity contribution in [3.8, 4) is 17.2 Å². The summed E-state index contributed by atoms with van der Waals surface area (Å²) in [7, 11) is 4.46. The normalized spacial score (nSPS) is 10.0. The van der Waals surface area contributed by atoms with E-state index in [1.807, 2.05) is 0 Å². The number of hydrogen-bond acceptors (Lipinski definition) is 8. The third-order valence-corrected chi connectivity index (χ3v) is 3.89. The lowest BCUT2D eigenvalue weighted by Gasteiger charge is -2.14. The number of hydrogen-bond donors (Lipinski definition) is 1. The average Bonchev–Trinajstić information content (AvgIpc) is 2.75. The maximum Gasteiger partial charge on any atom is 0.338 e. The zero-order valence-corrected chi connectivity index (χ0v) is 16.1. The van der Waals surface area contributed by atoms with E-state index in [1.54, 1.807) is 12.1 Å². The first-order valence-corrected chi connectivity index (χ1v) is 8.36. The maximum atomic E-state index is 12.0. The summed E-state index contributed by atoms with van der Waals surface area (Å²) in [5.41, 5.74) is 0.363. The van der Waals surface area contributed by atoms with Gasteiger partial charge in [-0.3, -0.25) is 14.9 Å². The SMILES string of the molecule is COc1cc(OC)c(OC)cc1CNC(=O)COC(=O)c1cccc([N+](=O)[O-])c1. The molecule has 10 nitrogen and oxygen atoms in total. The molecule has 1 amide bonds. The van der Waals surface area contributed by atoms with Crippen LogP contribution in [-0.4, -0.2) is 44.7 Å². The van der Waals surface area contributed by atoms with Crippen molar-refractivity contribution in [1.29, 1.82) is 0 Å². The van der Waals surface area contributed by atoms with Gasteiger partial charge in [0.25, 0.3) is 11.6 Å². The molecular formula is C19H20N2O8. The van der Waals surface area contributed by atoms with Crippen molar-refractivity contribution >= 4 is 17.6 Å². The van der Waals surface area contributed by atoms with E-state index in [9.17, 15) is 19.7 Å². The third-order valence-electron chi connectivity index (χ3n) is 3.89. The van der Waals surface area contributed by atoms with E-state index in [1.165, 1.54) is 39.5 Å². The minimum absolute atomic E-state index is 0.0199. The zero-order valence-electron chi connectivity index (χ0n) is 16.1. The summed E-state index contributed by atoms with van der Waals surface area (Å²) < 4.78 is 20.6. The van der Waals surface area contributed by atoms with Gasteiger partial charge in [0.2, 0.25) is 0 Å². The Morgan fingerprint density at radius 1 is 1.00 bits per heavy atom. The quantitative estimate of drug-likeness (QED) is 0.382. The molecule has 0 aromatic heterocycles. The van der Waals surface area contributed by atoms with Crippen molar-refractivity contribution in [3.63, 3.8) is 0 Å². The van der Waals surface area contributed by atoms with Crippen molar-refractivity contribution in [2.24, 2.45) is 0 Å². The predicted octanol–water partition coefficient (Wildman–Crippen LogP) is 2.09. The van der Waals surface area contributed by atoms with Gasteiger partial charge in [-0.25, -0.2) is 4.79 Å². The number of rotatable bonds is 9. The topological polar surface area (TPSA) is 126 Å². The Labute approximate surface area is 166 Å². The Hall–Kier alpha value is -3.82. The highest BCUT2D eigenvalue weighted by Crippen LogP contribution is 2.34. The number of carbonyl (C=O) groups is 2. The van der Waals surface area contributed by atoms with Crippen molar-refractivity contribution in [3.05, 3.63) is 57.6 Å². The van der Waals surface area contributed by atoms with Gasteiger partial charge in [-0.05, 0) is 12.1 Å². The molecule has 10 heteroatoms. The average molecular weight is 404 g/mol. The Bertz CT molecular complexity index is 913. The second kappa shape index (κ2) is 9.93. The second-order valence-corrected chi connectivity index (χ2v) is 5.68. The molecule has 0 heterocycles. The minimum atomic E-state index is -0.840. The van der Waals surface area contributed by atoms with Crippen molar-refractivity contribution < 1.29 is 33.5 Å². The summed E-state index contributed by atoms with van der Waals surface area (Å²) >= 11 is 0. The number of benzene rings is 2. The molecule has 0 radical (unpaired) electrons. The fourth-order valence-electron chi connectivity index (χ4n) is 2.44. The van der Waals surface area contributed by atoms with Gasteiger partial charge in [-0.1, -0.05) is 6.07 Å². The van der Waals surface area contributed by atoms with E-state index in [4.69, 9.17) is 18.9 Å². The lowest BCUT2D eigenvalue weighted by Crippen LogP contribution is -2.28. The standard InChI is InChI=1S/C19H20N2O8/c1-26-15-9-17(28-3)16(27-2)8-13(15)10-20-18(22)11-29-19(23)12-5-4-6-14(7-12)21(24)25/h4-9H,10-11H2,1-3H3,(H,20,22). The zero-order chi connectivity index (χ0) is 21.4. The van der Waals surface area contributed by atoms with Crippen LogP contribution in [0.3, 0.4) is 0 Å². The van der Waals surface area contributed by atoms with E-state index < -0.39 is 23.4 Å². The van der Waals surface area contributed by atoms with Gasteiger partial charge in [-0.15, -0.1) is 0 Å². The van der Waals surface area contributed by atoms with Crippen LogP contribution in [0.5, 0.6) is 17.2 Å². The Morgan fingerprint density at radius 3 is 2.28 bits per heavy atom. The van der Waals surface area contributed by atoms with Gasteiger partial charge in [0.1, 0.15) is 5.75 Å². The molecule has 0 aliphatic rings. The van der Waals surface area contributed by atoms with Crippen LogP contribution in [0.25, 0.3) is 0 Å². The molecule has 0 saturated heterocycles. The van der Waals surface area contributed by atoms with Gasteiger partial charge >= 0.3 is 5.97 Å². The molecule has 0 fully saturated rings. The summed E-state index contributed by atoms with van der Waals surface area (Å²) in [6.07, 6.45) is 0. The molecule has 0 unspecified atom stereocenters. The number of amides is 1. The van der Waals surface area contributed by atoms with Crippen LogP contribution in [0.2, 0.25) is 0 Å². The molecule has 154 valence electrons. The number of methoxy groups -OCH3 is 3. The Balaban J connectivity index is 1.96. The number of nitro groups is 1. The molecule has 0 aliphatic heterocycles. The first-order valence-electron chi connectivity index (χ1n) is 8.36. The van der Waals surface area contributed by atoms with Crippen LogP contribution in [0, 0.1) is 10.1 Å². The van der Waals surface area contributed by atoms with Crippen LogP contribution in [0.15, 0.2) is 36.4 Å². The van der Waals surface area contributed by atoms with Crippen LogP contribution in [0.1, 0.15) is 15.9 Å². The fraction of sp³-hybridized carbons (Fsp3) is 0.263. The first-order chi connectivity index (χ1) is 13.9. The van der Waals surface area contributed by atoms with Crippen molar-refractivity contribution in [1.82, 2.24) is 5.32 Å². The maximum absolute atomic E-state index is 12.0. The summed E-state index contributed by atoms with van der Waals surface area (Å²) in [6, 6.07) is 8.34. The third kappa shape index (κ3) is 5.58. The number of esters is 1. The largest absolute Gasteiger partial charge is 0.496 e. The Kier molecular flexibility index (Phi) is 7.35. The van der Waals surface area contributed by atoms with Crippen LogP contribution >= 0.6 is 0 Å². The van der Waals surface area contributed by atoms with Crippen LogP contribution in [-0.2, 0) is 16.1 Å². The van der Waals surface area contributed by atoms with E-state index in [0.717, 1.165) is 6.07 Å². The summed E-state index contributed by atoms with van der Waals surface area (Å²) in [5, 5.41) is 13.4. The second-order valence-electron chi connectivity index (χ2n) is 5.68. The van der Waals surface area contributed by atoms with Gasteiger partial charge in [0, 0.05) is 30.3 Å². The summed E-state index contributed by atoms with van der Waals surface area (Å²) in [5.74, 6) is 0.0321. The van der Waals surface area contributed by atoms with Gasteiger partial charge in [0.15, 0.2) is 18.1 Å². The fourth-order valence-corrected chi connectivity index (χ4v) is 2.44. The molecular weight excluding hydrogens is 384 g/mol. The molecule has 2 aromatic carbocycles. The molecule has 0 saturated carbocycles. The van der Waals surface area contributed by atoms with Gasteiger partial charge in [0.05, 0.1) is 31.8 Å². The molecule has 29 heavy (non-hydrogen) atoms. The lowest BCUT2D eigenvalue weighted by molar-refractivity contribution is -0.384. The number of nitro benzene ring substituents is 1. The van der Waals surface area contributed by atoms with Gasteiger partial charge < -0.3 is 24.3 Å². The molecule has 0 spiro atoms. The van der Waals surface area contributed by atoms with Crippen molar-refractivity contribution in [2.45, 2.75) is 6.54 Å². The molecule has 1 N–H and O–H groups in total. The molecule has 2 aromatic rings. The number of ether oxygens (including phenoxy) is 4. The molecule has 0 atom stereocenters. The summed E-state index contributed by atoms with van der Waals surface area (Å²) in [6.45, 7) is -0.451. The Morgan fingerprint density at radius 2 is 1.66 bits per heavy atom.